The summed E-state index contributed by atoms with van der Waals surface area (Å²) < 4.78 is 32.3. The highest BCUT2D eigenvalue weighted by Gasteiger charge is 2.13. The zero-order chi connectivity index (χ0) is 21.3. The lowest BCUT2D eigenvalue weighted by molar-refractivity contribution is -0.116. The van der Waals surface area contributed by atoms with E-state index in [1.165, 1.54) is 0 Å². The van der Waals surface area contributed by atoms with Crippen LogP contribution in [0.1, 0.15) is 23.2 Å². The maximum absolute atomic E-state index is 13.6. The first-order valence-electron chi connectivity index (χ1n) is 9.38. The molecule has 3 aromatic carbocycles. The molecule has 0 radical (unpaired) electrons. The number of halogens is 2. The number of benzene rings is 3. The van der Waals surface area contributed by atoms with Crippen LogP contribution in [0.25, 0.3) is 0 Å². The van der Waals surface area contributed by atoms with Crippen LogP contribution in [0, 0.1) is 11.6 Å². The first-order valence-corrected chi connectivity index (χ1v) is 9.38. The summed E-state index contributed by atoms with van der Waals surface area (Å²) in [6.07, 6.45) is 0.494. The predicted octanol–water partition coefficient (Wildman–Crippen LogP) is 4.91. The summed E-state index contributed by atoms with van der Waals surface area (Å²) in [5.41, 5.74) is 0.289. The van der Waals surface area contributed by atoms with E-state index < -0.39 is 17.5 Å². The van der Waals surface area contributed by atoms with Gasteiger partial charge in [-0.3, -0.25) is 9.59 Å². The quantitative estimate of drug-likeness (QED) is 0.519. The van der Waals surface area contributed by atoms with E-state index >= 15 is 0 Å². The molecule has 30 heavy (non-hydrogen) atoms. The largest absolute Gasteiger partial charge is 0.455 e. The van der Waals surface area contributed by atoms with Crippen LogP contribution in [0.15, 0.2) is 72.8 Å². The molecule has 5 nitrogen and oxygen atoms in total. The number of amides is 2. The third-order valence-corrected chi connectivity index (χ3v) is 4.17. The maximum Gasteiger partial charge on any atom is 0.254 e. The fourth-order valence-corrected chi connectivity index (χ4v) is 2.71. The topological polar surface area (TPSA) is 67.4 Å². The van der Waals surface area contributed by atoms with Gasteiger partial charge in [-0.15, -0.1) is 0 Å². The second kappa shape index (κ2) is 10.2. The number of para-hydroxylation sites is 3. The zero-order valence-corrected chi connectivity index (χ0v) is 16.0. The number of nitrogens with one attached hydrogen (secondary N) is 2. The number of rotatable bonds is 8. The van der Waals surface area contributed by atoms with Crippen molar-refractivity contribution >= 4 is 17.5 Å². The molecule has 2 amide bonds. The van der Waals surface area contributed by atoms with E-state index in [4.69, 9.17) is 4.74 Å². The predicted molar refractivity (Wildman–Crippen MR) is 110 cm³/mol. The van der Waals surface area contributed by atoms with Gasteiger partial charge in [-0.1, -0.05) is 30.3 Å². The van der Waals surface area contributed by atoms with Gasteiger partial charge >= 0.3 is 0 Å². The molecule has 0 fully saturated rings. The SMILES string of the molecule is O=C(CCCNC(=O)c1ccc(F)cc1F)Nc1ccccc1Oc1ccccc1. The number of anilines is 1. The van der Waals surface area contributed by atoms with Gasteiger partial charge in [0.2, 0.25) is 5.91 Å². The number of carbonyl (C=O) groups is 2. The Morgan fingerprint density at radius 2 is 1.63 bits per heavy atom. The van der Waals surface area contributed by atoms with E-state index in [2.05, 4.69) is 10.6 Å². The Hall–Kier alpha value is -3.74. The summed E-state index contributed by atoms with van der Waals surface area (Å²) in [6, 6.07) is 19.0. The maximum atomic E-state index is 13.6. The van der Waals surface area contributed by atoms with Crippen molar-refractivity contribution in [2.24, 2.45) is 0 Å². The van der Waals surface area contributed by atoms with Crippen molar-refractivity contribution in [1.82, 2.24) is 5.32 Å². The molecule has 0 spiro atoms. The van der Waals surface area contributed by atoms with Crippen molar-refractivity contribution in [2.45, 2.75) is 12.8 Å². The summed E-state index contributed by atoms with van der Waals surface area (Å²) in [4.78, 5) is 24.2. The molecule has 0 aliphatic carbocycles. The minimum Gasteiger partial charge on any atom is -0.455 e. The normalized spacial score (nSPS) is 10.3. The van der Waals surface area contributed by atoms with Crippen LogP contribution in [0.3, 0.4) is 0 Å². The molecular weight excluding hydrogens is 390 g/mol. The van der Waals surface area contributed by atoms with Crippen molar-refractivity contribution in [2.75, 3.05) is 11.9 Å². The van der Waals surface area contributed by atoms with Gasteiger partial charge in [-0.05, 0) is 42.8 Å². The highest BCUT2D eigenvalue weighted by atomic mass is 19.1. The molecule has 0 bridgehead atoms. The standard InChI is InChI=1S/C23H20F2N2O3/c24-16-12-13-18(19(25)15-16)23(29)26-14-6-11-22(28)27-20-9-4-5-10-21(20)30-17-7-2-1-3-8-17/h1-5,7-10,12-13,15H,6,11,14H2,(H,26,29)(H,27,28). The highest BCUT2D eigenvalue weighted by Crippen LogP contribution is 2.29. The van der Waals surface area contributed by atoms with E-state index in [-0.39, 0.29) is 24.4 Å². The fourth-order valence-electron chi connectivity index (χ4n) is 2.71. The Morgan fingerprint density at radius 3 is 2.40 bits per heavy atom. The second-order valence-corrected chi connectivity index (χ2v) is 6.44. The van der Waals surface area contributed by atoms with E-state index in [9.17, 15) is 18.4 Å². The average molecular weight is 410 g/mol. The second-order valence-electron chi connectivity index (χ2n) is 6.44. The van der Waals surface area contributed by atoms with E-state index in [0.717, 1.165) is 12.1 Å². The molecule has 0 aliphatic rings. The van der Waals surface area contributed by atoms with E-state index in [0.29, 0.717) is 29.7 Å². The lowest BCUT2D eigenvalue weighted by Gasteiger charge is -2.12. The van der Waals surface area contributed by atoms with Crippen LogP contribution < -0.4 is 15.4 Å². The van der Waals surface area contributed by atoms with Gasteiger partial charge in [0.25, 0.3) is 5.91 Å². The lowest BCUT2D eigenvalue weighted by Crippen LogP contribution is -2.26. The summed E-state index contributed by atoms with van der Waals surface area (Å²) >= 11 is 0. The van der Waals surface area contributed by atoms with E-state index in [1.54, 1.807) is 24.3 Å². The molecule has 2 N–H and O–H groups in total. The van der Waals surface area contributed by atoms with E-state index in [1.807, 2.05) is 30.3 Å². The smallest absolute Gasteiger partial charge is 0.254 e. The molecule has 0 atom stereocenters. The molecular formula is C23H20F2N2O3. The van der Waals surface area contributed by atoms with Crippen LogP contribution in [-0.4, -0.2) is 18.4 Å². The fraction of sp³-hybridized carbons (Fsp3) is 0.130. The highest BCUT2D eigenvalue weighted by molar-refractivity contribution is 5.94. The van der Waals surface area contributed by atoms with Crippen molar-refractivity contribution in [3.63, 3.8) is 0 Å². The Morgan fingerprint density at radius 1 is 0.900 bits per heavy atom. The van der Waals surface area contributed by atoms with Crippen LogP contribution in [0.5, 0.6) is 11.5 Å². The Kier molecular flexibility index (Phi) is 7.10. The molecule has 0 saturated heterocycles. The minimum absolute atomic E-state index is 0.145. The lowest BCUT2D eigenvalue weighted by atomic mass is 10.2. The van der Waals surface area contributed by atoms with Gasteiger partial charge in [0.15, 0.2) is 5.75 Å². The van der Waals surface area contributed by atoms with Crippen LogP contribution in [0.4, 0.5) is 14.5 Å². The van der Waals surface area contributed by atoms with Crippen LogP contribution >= 0.6 is 0 Å². The molecule has 154 valence electrons. The number of ether oxygens (including phenoxy) is 1. The third-order valence-electron chi connectivity index (χ3n) is 4.17. The van der Waals surface area contributed by atoms with Gasteiger partial charge in [0, 0.05) is 19.0 Å². The zero-order valence-electron chi connectivity index (χ0n) is 16.0. The molecule has 3 aromatic rings. The van der Waals surface area contributed by atoms with Crippen molar-refractivity contribution in [3.05, 3.63) is 90.0 Å². The molecule has 0 aromatic heterocycles. The number of hydrogen-bond acceptors (Lipinski definition) is 3. The van der Waals surface area contributed by atoms with Gasteiger partial charge in [-0.2, -0.15) is 0 Å². The Balaban J connectivity index is 1.48. The van der Waals surface area contributed by atoms with Gasteiger partial charge in [0.1, 0.15) is 17.4 Å². The summed E-state index contributed by atoms with van der Waals surface area (Å²) in [5.74, 6) is -1.43. The van der Waals surface area contributed by atoms with Crippen molar-refractivity contribution < 1.29 is 23.1 Å². The summed E-state index contributed by atoms with van der Waals surface area (Å²) in [5, 5.41) is 5.30. The van der Waals surface area contributed by atoms with Crippen LogP contribution in [0.2, 0.25) is 0 Å². The first-order chi connectivity index (χ1) is 14.5. The monoisotopic (exact) mass is 410 g/mol. The first kappa shape index (κ1) is 21.0. The molecule has 0 aliphatic heterocycles. The summed E-state index contributed by atoms with van der Waals surface area (Å²) in [7, 11) is 0. The van der Waals surface area contributed by atoms with Crippen LogP contribution in [-0.2, 0) is 4.79 Å². The molecule has 0 unspecified atom stereocenters. The molecule has 7 heteroatoms. The number of carbonyl (C=O) groups excluding carboxylic acids is 2. The summed E-state index contributed by atoms with van der Waals surface area (Å²) in [6.45, 7) is 0.172. The van der Waals surface area contributed by atoms with Crippen molar-refractivity contribution in [1.29, 1.82) is 0 Å². The third kappa shape index (κ3) is 5.88. The van der Waals surface area contributed by atoms with Crippen molar-refractivity contribution in [3.8, 4) is 11.5 Å². The van der Waals surface area contributed by atoms with Gasteiger partial charge in [-0.25, -0.2) is 8.78 Å². The molecule has 3 rings (SSSR count). The van der Waals surface area contributed by atoms with Gasteiger partial charge < -0.3 is 15.4 Å². The minimum atomic E-state index is -0.930. The number of hydrogen-bond donors (Lipinski definition) is 2. The molecule has 0 heterocycles. The Bertz CT molecular complexity index is 1030. The average Bonchev–Trinajstić information content (AvgIpc) is 2.73. The van der Waals surface area contributed by atoms with Gasteiger partial charge in [0.05, 0.1) is 11.3 Å². The molecule has 0 saturated carbocycles. The Labute approximate surface area is 172 Å².